The fourth-order valence-corrected chi connectivity index (χ4v) is 1.97. The second-order valence-electron chi connectivity index (χ2n) is 3.97. The number of nitrogen functional groups attached to an aromatic ring is 1. The first-order valence-corrected chi connectivity index (χ1v) is 6.03. The molecule has 0 fully saturated rings. The lowest BCUT2D eigenvalue weighted by Crippen LogP contribution is -2.13. The van der Waals surface area contributed by atoms with Gasteiger partial charge in [-0.25, -0.2) is 4.39 Å². The van der Waals surface area contributed by atoms with Crippen molar-refractivity contribution in [3.8, 4) is 11.5 Å². The Morgan fingerprint density at radius 3 is 2.62 bits per heavy atom. The number of hydrogen-bond acceptors (Lipinski definition) is 4. The molecule has 0 amide bonds. The lowest BCUT2D eigenvalue weighted by atomic mass is 10.2. The highest BCUT2D eigenvalue weighted by Crippen LogP contribution is 2.36. The molecule has 0 aliphatic rings. The Hall–Kier alpha value is -2.67. The molecule has 0 heterocycles. The third-order valence-corrected chi connectivity index (χ3v) is 2.91. The van der Waals surface area contributed by atoms with Crippen molar-refractivity contribution in [3.05, 3.63) is 62.9 Å². The van der Waals surface area contributed by atoms with Crippen LogP contribution in [0.2, 0.25) is 5.02 Å². The summed E-state index contributed by atoms with van der Waals surface area (Å²) < 4.78 is 19.0. The molecule has 108 valence electrons. The highest BCUT2D eigenvalue weighted by atomic mass is 35.5. The van der Waals surface area contributed by atoms with Gasteiger partial charge in [0.2, 0.25) is 5.75 Å². The molecule has 2 aromatic rings. The Bertz CT molecular complexity index is 737. The maximum atomic E-state index is 13.8. The Balaban J connectivity index is 2.56. The number of nitrogens with two attached hydrogens (primary N) is 1. The fourth-order valence-electron chi connectivity index (χ4n) is 1.70. The summed E-state index contributed by atoms with van der Waals surface area (Å²) in [6.45, 7) is 0. The molecule has 0 radical (unpaired) electrons. The van der Waals surface area contributed by atoms with Crippen molar-refractivity contribution in [1.82, 2.24) is 0 Å². The van der Waals surface area contributed by atoms with Gasteiger partial charge in [0.05, 0.1) is 15.5 Å². The van der Waals surface area contributed by atoms with Gasteiger partial charge in [0.1, 0.15) is 11.6 Å². The number of halogens is 2. The van der Waals surface area contributed by atoms with E-state index in [0.717, 1.165) is 12.1 Å². The van der Waals surface area contributed by atoms with E-state index in [1.54, 1.807) is 0 Å². The zero-order valence-electron chi connectivity index (χ0n) is 10.5. The summed E-state index contributed by atoms with van der Waals surface area (Å²) >= 11 is 5.90. The molecule has 0 saturated heterocycles. The number of amidine groups is 1. The summed E-state index contributed by atoms with van der Waals surface area (Å²) in [4.78, 5) is 10.1. The summed E-state index contributed by atoms with van der Waals surface area (Å²) in [6.07, 6.45) is 0. The molecule has 0 saturated carbocycles. The van der Waals surface area contributed by atoms with Crippen LogP contribution in [0.5, 0.6) is 11.5 Å². The number of nitrogens with zero attached hydrogens (tertiary/aromatic N) is 1. The number of rotatable bonds is 4. The van der Waals surface area contributed by atoms with Crippen molar-refractivity contribution in [1.29, 1.82) is 5.41 Å². The maximum Gasteiger partial charge on any atom is 0.314 e. The summed E-state index contributed by atoms with van der Waals surface area (Å²) in [7, 11) is 0. The molecule has 0 atom stereocenters. The van der Waals surface area contributed by atoms with Crippen molar-refractivity contribution in [2.75, 3.05) is 0 Å². The zero-order valence-corrected chi connectivity index (χ0v) is 11.2. The van der Waals surface area contributed by atoms with Gasteiger partial charge < -0.3 is 10.5 Å². The maximum absolute atomic E-state index is 13.8. The van der Waals surface area contributed by atoms with Gasteiger partial charge in [0.15, 0.2) is 5.82 Å². The molecular formula is C13H9ClFN3O3. The van der Waals surface area contributed by atoms with E-state index in [4.69, 9.17) is 27.5 Å². The topological polar surface area (TPSA) is 102 Å². The molecule has 0 bridgehead atoms. The number of nitro benzene ring substituents is 1. The second-order valence-corrected chi connectivity index (χ2v) is 4.38. The van der Waals surface area contributed by atoms with E-state index in [1.807, 2.05) is 0 Å². The summed E-state index contributed by atoms with van der Waals surface area (Å²) in [5.41, 5.74) is 4.90. The van der Waals surface area contributed by atoms with Crippen molar-refractivity contribution in [2.24, 2.45) is 5.73 Å². The van der Waals surface area contributed by atoms with Crippen LogP contribution in [0.1, 0.15) is 5.56 Å². The minimum absolute atomic E-state index is 0.0386. The molecule has 2 rings (SSSR count). The second kappa shape index (κ2) is 5.76. The normalized spacial score (nSPS) is 10.2. The van der Waals surface area contributed by atoms with E-state index in [1.165, 1.54) is 24.3 Å². The Morgan fingerprint density at radius 1 is 1.33 bits per heavy atom. The fraction of sp³-hybridized carbons (Fsp3) is 0. The third-order valence-electron chi connectivity index (χ3n) is 2.60. The van der Waals surface area contributed by atoms with Crippen LogP contribution in [-0.2, 0) is 0 Å². The van der Waals surface area contributed by atoms with Gasteiger partial charge in [0, 0.05) is 6.07 Å². The minimum Gasteiger partial charge on any atom is -0.446 e. The monoisotopic (exact) mass is 309 g/mol. The van der Waals surface area contributed by atoms with Crippen LogP contribution >= 0.6 is 11.6 Å². The van der Waals surface area contributed by atoms with Crippen LogP contribution in [0.4, 0.5) is 10.1 Å². The smallest absolute Gasteiger partial charge is 0.314 e. The third kappa shape index (κ3) is 2.92. The molecule has 6 nitrogen and oxygen atoms in total. The number of nitro groups is 1. The molecule has 0 spiro atoms. The van der Waals surface area contributed by atoms with Crippen LogP contribution in [0.15, 0.2) is 36.4 Å². The summed E-state index contributed by atoms with van der Waals surface area (Å²) in [6, 6.07) is 7.69. The molecule has 0 aromatic heterocycles. The summed E-state index contributed by atoms with van der Waals surface area (Å²) in [5.74, 6) is -1.90. The Labute approximate surface area is 123 Å². The van der Waals surface area contributed by atoms with Gasteiger partial charge in [-0.3, -0.25) is 15.5 Å². The first kappa shape index (κ1) is 14.7. The Kier molecular flexibility index (Phi) is 4.04. The van der Waals surface area contributed by atoms with Gasteiger partial charge in [-0.2, -0.15) is 0 Å². The highest BCUT2D eigenvalue weighted by Gasteiger charge is 2.22. The molecule has 0 aliphatic carbocycles. The van der Waals surface area contributed by atoms with Crippen molar-refractivity contribution in [2.45, 2.75) is 0 Å². The van der Waals surface area contributed by atoms with E-state index in [9.17, 15) is 14.5 Å². The van der Waals surface area contributed by atoms with E-state index in [0.29, 0.717) is 0 Å². The highest BCUT2D eigenvalue weighted by molar-refractivity contribution is 6.34. The van der Waals surface area contributed by atoms with E-state index >= 15 is 0 Å². The molecule has 0 unspecified atom stereocenters. The standard InChI is InChI=1S/C13H9ClFN3O3/c14-7-3-1-6-10(11(7)13(16)17)21-12-8(15)4-2-5-9(12)18(19)20/h1-6H,(H3,16,17). The van der Waals surface area contributed by atoms with Crippen LogP contribution in [0.3, 0.4) is 0 Å². The molecule has 3 N–H and O–H groups in total. The number of benzene rings is 2. The molecule has 2 aromatic carbocycles. The molecule has 8 heteroatoms. The van der Waals surface area contributed by atoms with Gasteiger partial charge in [-0.05, 0) is 18.2 Å². The van der Waals surface area contributed by atoms with Gasteiger partial charge in [-0.1, -0.05) is 23.7 Å². The molecule has 0 aliphatic heterocycles. The van der Waals surface area contributed by atoms with E-state index in [-0.39, 0.29) is 16.3 Å². The van der Waals surface area contributed by atoms with Crippen molar-refractivity contribution >= 4 is 23.1 Å². The summed E-state index contributed by atoms with van der Waals surface area (Å²) in [5, 5.41) is 18.5. The number of para-hydroxylation sites is 1. The zero-order chi connectivity index (χ0) is 15.6. The predicted molar refractivity (Wildman–Crippen MR) is 75.6 cm³/mol. The number of ether oxygens (including phenoxy) is 1. The first-order valence-electron chi connectivity index (χ1n) is 5.65. The Morgan fingerprint density at radius 2 is 2.00 bits per heavy atom. The average molecular weight is 310 g/mol. The van der Waals surface area contributed by atoms with Gasteiger partial charge in [-0.15, -0.1) is 0 Å². The SMILES string of the molecule is N=C(N)c1c(Cl)cccc1Oc1c(F)cccc1[N+](=O)[O-]. The first-order chi connectivity index (χ1) is 9.91. The van der Waals surface area contributed by atoms with Crippen LogP contribution in [-0.4, -0.2) is 10.8 Å². The van der Waals surface area contributed by atoms with Gasteiger partial charge in [0.25, 0.3) is 0 Å². The van der Waals surface area contributed by atoms with Gasteiger partial charge >= 0.3 is 5.69 Å². The average Bonchev–Trinajstić information content (AvgIpc) is 2.40. The van der Waals surface area contributed by atoms with Crippen LogP contribution < -0.4 is 10.5 Å². The molecular weight excluding hydrogens is 301 g/mol. The number of nitrogens with one attached hydrogen (secondary N) is 1. The van der Waals surface area contributed by atoms with Crippen molar-refractivity contribution < 1.29 is 14.1 Å². The largest absolute Gasteiger partial charge is 0.446 e. The van der Waals surface area contributed by atoms with E-state index in [2.05, 4.69) is 0 Å². The predicted octanol–water partition coefficient (Wildman–Crippen LogP) is 3.46. The lowest BCUT2D eigenvalue weighted by Gasteiger charge is -2.12. The minimum atomic E-state index is -0.904. The van der Waals surface area contributed by atoms with Crippen LogP contribution in [0.25, 0.3) is 0 Å². The van der Waals surface area contributed by atoms with Crippen LogP contribution in [0, 0.1) is 21.3 Å². The molecule has 21 heavy (non-hydrogen) atoms. The lowest BCUT2D eigenvalue weighted by molar-refractivity contribution is -0.385. The quantitative estimate of drug-likeness (QED) is 0.390. The van der Waals surface area contributed by atoms with E-state index < -0.39 is 28.0 Å². The van der Waals surface area contributed by atoms with Crippen molar-refractivity contribution in [3.63, 3.8) is 0 Å². The number of hydrogen-bond donors (Lipinski definition) is 2.